The minimum absolute atomic E-state index is 0.0175. The number of nitrogens with two attached hydrogens (primary N) is 1. The predicted octanol–water partition coefficient (Wildman–Crippen LogP) is 1.00. The van der Waals surface area contributed by atoms with Gasteiger partial charge in [0.05, 0.1) is 22.3 Å². The molecule has 3 aromatic rings. The topological polar surface area (TPSA) is 169 Å². The van der Waals surface area contributed by atoms with E-state index in [9.17, 15) is 19.2 Å². The third kappa shape index (κ3) is 3.74. The summed E-state index contributed by atoms with van der Waals surface area (Å²) >= 11 is 0. The summed E-state index contributed by atoms with van der Waals surface area (Å²) in [6, 6.07) is 1.58. The molecule has 1 aliphatic carbocycles. The number of rotatable bonds is 6. The van der Waals surface area contributed by atoms with Crippen molar-refractivity contribution < 1.29 is 9.59 Å². The van der Waals surface area contributed by atoms with E-state index in [1.54, 1.807) is 13.0 Å². The summed E-state index contributed by atoms with van der Waals surface area (Å²) in [5.41, 5.74) is 5.44. The number of amides is 2. The molecule has 1 saturated carbocycles. The van der Waals surface area contributed by atoms with Gasteiger partial charge in [0.2, 0.25) is 0 Å². The number of aryl methyl sites for hydroxylation is 1. The number of nitrogens with one attached hydrogen (secondary N) is 3. The first-order valence-corrected chi connectivity index (χ1v) is 10.0. The third-order valence-electron chi connectivity index (χ3n) is 5.18. The van der Waals surface area contributed by atoms with Crippen LogP contribution in [0.3, 0.4) is 0 Å². The van der Waals surface area contributed by atoms with Crippen LogP contribution in [0.25, 0.3) is 11.0 Å². The summed E-state index contributed by atoms with van der Waals surface area (Å²) < 4.78 is 1.39. The lowest BCUT2D eigenvalue weighted by Gasteiger charge is -2.15. The molecule has 0 atom stereocenters. The number of hydrogen-bond acceptors (Lipinski definition) is 6. The van der Waals surface area contributed by atoms with Gasteiger partial charge >= 0.3 is 5.69 Å². The van der Waals surface area contributed by atoms with Gasteiger partial charge in [0.1, 0.15) is 0 Å². The van der Waals surface area contributed by atoms with Crippen LogP contribution in [-0.2, 0) is 6.54 Å². The predicted molar refractivity (Wildman–Crippen MR) is 113 cm³/mol. The number of aromatic amines is 2. The van der Waals surface area contributed by atoms with E-state index in [0.717, 1.165) is 12.8 Å². The average Bonchev–Trinajstić information content (AvgIpc) is 3.48. The maximum Gasteiger partial charge on any atom is 0.330 e. The van der Waals surface area contributed by atoms with Gasteiger partial charge < -0.3 is 11.1 Å². The van der Waals surface area contributed by atoms with Gasteiger partial charge in [0.25, 0.3) is 17.4 Å². The van der Waals surface area contributed by atoms with Crippen molar-refractivity contribution in [3.05, 3.63) is 49.5 Å². The fourth-order valence-corrected chi connectivity index (χ4v) is 3.54. The van der Waals surface area contributed by atoms with Crippen molar-refractivity contribution in [3.63, 3.8) is 0 Å². The molecule has 1 aliphatic rings. The smallest absolute Gasteiger partial charge is 0.330 e. The number of primary amides is 1. The number of fused-ring (bicyclic) bond motifs is 1. The number of nitrogens with zero attached hydrogens (tertiary/aromatic N) is 3. The molecule has 0 saturated heterocycles. The molecule has 162 valence electrons. The van der Waals surface area contributed by atoms with Crippen LogP contribution in [0.2, 0.25) is 0 Å². The number of hydrogen-bond donors (Lipinski definition) is 4. The molecule has 0 radical (unpaired) electrons. The highest BCUT2D eigenvalue weighted by Crippen LogP contribution is 2.40. The van der Waals surface area contributed by atoms with Crippen LogP contribution in [-0.4, -0.2) is 36.5 Å². The summed E-state index contributed by atoms with van der Waals surface area (Å²) in [4.78, 5) is 57.0. The number of carbonyl (C=O) groups excluding carboxylic acids is 2. The Kier molecular flexibility index (Phi) is 4.96. The molecule has 0 unspecified atom stereocenters. The van der Waals surface area contributed by atoms with E-state index in [-0.39, 0.29) is 39.8 Å². The van der Waals surface area contributed by atoms with E-state index in [2.05, 4.69) is 25.5 Å². The van der Waals surface area contributed by atoms with Crippen molar-refractivity contribution in [2.24, 2.45) is 11.7 Å². The Bertz CT molecular complexity index is 1330. The molecule has 0 aromatic carbocycles. The minimum atomic E-state index is -0.804. The van der Waals surface area contributed by atoms with Gasteiger partial charge in [-0.25, -0.2) is 9.78 Å². The molecule has 4 rings (SSSR count). The minimum Gasteiger partial charge on any atom is -0.364 e. The Morgan fingerprint density at radius 2 is 2.03 bits per heavy atom. The molecule has 3 heterocycles. The lowest BCUT2D eigenvalue weighted by Crippen LogP contribution is -2.33. The molecule has 0 aliphatic heterocycles. The number of H-pyrrole nitrogens is 2. The zero-order chi connectivity index (χ0) is 22.4. The van der Waals surface area contributed by atoms with Crippen LogP contribution in [0, 0.1) is 12.8 Å². The summed E-state index contributed by atoms with van der Waals surface area (Å²) in [5, 5.41) is 9.08. The first-order chi connectivity index (χ1) is 14.7. The SMILES string of the molecule is Cc1[nH]nc(C(N)=O)c1NC(=O)c1cc(C2CC2)nc2c1c(=O)[nH]c(=O)n2CC(C)C. The number of pyridine rings is 1. The summed E-state index contributed by atoms with van der Waals surface area (Å²) in [5.74, 6) is -1.14. The van der Waals surface area contributed by atoms with Gasteiger partial charge in [-0.15, -0.1) is 0 Å². The van der Waals surface area contributed by atoms with Crippen LogP contribution in [0.4, 0.5) is 5.69 Å². The molecule has 5 N–H and O–H groups in total. The van der Waals surface area contributed by atoms with E-state index in [4.69, 9.17) is 5.73 Å². The van der Waals surface area contributed by atoms with Crippen molar-refractivity contribution in [2.75, 3.05) is 5.32 Å². The highest BCUT2D eigenvalue weighted by atomic mass is 16.2. The molecule has 11 nitrogen and oxygen atoms in total. The van der Waals surface area contributed by atoms with E-state index in [1.165, 1.54) is 4.57 Å². The molecular formula is C20H23N7O4. The van der Waals surface area contributed by atoms with E-state index in [1.807, 2.05) is 13.8 Å². The standard InChI is InChI=1S/C20H23N7O4/c1-8(2)7-27-17-13(19(30)24-20(27)31)11(6-12(22-17)10-4-5-10)18(29)23-14-9(3)25-26-15(14)16(21)28/h6,8,10H,4-5,7H2,1-3H3,(H2,21,28)(H,23,29)(H,25,26)(H,24,30,31). The molecule has 31 heavy (non-hydrogen) atoms. The first-order valence-electron chi connectivity index (χ1n) is 10.0. The molecule has 2 amide bonds. The monoisotopic (exact) mass is 425 g/mol. The Hall–Kier alpha value is -3.76. The quantitative estimate of drug-likeness (QED) is 0.459. The summed E-state index contributed by atoms with van der Waals surface area (Å²) in [6.45, 7) is 5.84. The molecule has 1 fully saturated rings. The van der Waals surface area contributed by atoms with E-state index in [0.29, 0.717) is 17.9 Å². The maximum atomic E-state index is 13.2. The molecular weight excluding hydrogens is 402 g/mol. The van der Waals surface area contributed by atoms with Crippen LogP contribution < -0.4 is 22.3 Å². The highest BCUT2D eigenvalue weighted by Gasteiger charge is 2.29. The fourth-order valence-electron chi connectivity index (χ4n) is 3.54. The second kappa shape index (κ2) is 7.49. The van der Waals surface area contributed by atoms with Crippen LogP contribution in [0.1, 0.15) is 64.8 Å². The largest absolute Gasteiger partial charge is 0.364 e. The first kappa shape index (κ1) is 20.5. The fraction of sp³-hybridized carbons (Fsp3) is 0.400. The van der Waals surface area contributed by atoms with Crippen molar-refractivity contribution in [2.45, 2.75) is 46.1 Å². The van der Waals surface area contributed by atoms with Crippen molar-refractivity contribution >= 4 is 28.5 Å². The van der Waals surface area contributed by atoms with Crippen LogP contribution in [0.5, 0.6) is 0 Å². The molecule has 0 bridgehead atoms. The number of carbonyl (C=O) groups is 2. The maximum absolute atomic E-state index is 13.2. The zero-order valence-corrected chi connectivity index (χ0v) is 17.4. The van der Waals surface area contributed by atoms with E-state index < -0.39 is 23.1 Å². The van der Waals surface area contributed by atoms with E-state index >= 15 is 0 Å². The second-order valence-corrected chi connectivity index (χ2v) is 8.22. The molecule has 11 heteroatoms. The van der Waals surface area contributed by atoms with Gasteiger partial charge in [-0.2, -0.15) is 5.10 Å². The highest BCUT2D eigenvalue weighted by molar-refractivity contribution is 6.14. The lowest BCUT2D eigenvalue weighted by atomic mass is 10.1. The van der Waals surface area contributed by atoms with Crippen molar-refractivity contribution in [1.29, 1.82) is 0 Å². The van der Waals surface area contributed by atoms with Gasteiger partial charge in [0, 0.05) is 18.2 Å². The molecule has 0 spiro atoms. The average molecular weight is 425 g/mol. The number of aromatic nitrogens is 5. The molecule has 3 aromatic heterocycles. The zero-order valence-electron chi connectivity index (χ0n) is 17.4. The summed E-state index contributed by atoms with van der Waals surface area (Å²) in [6.07, 6.45) is 1.84. The van der Waals surface area contributed by atoms with Gasteiger partial charge in [0.15, 0.2) is 11.3 Å². The Morgan fingerprint density at radius 3 is 2.65 bits per heavy atom. The Balaban J connectivity index is 1.92. The van der Waals surface area contributed by atoms with Crippen LogP contribution >= 0.6 is 0 Å². The van der Waals surface area contributed by atoms with Gasteiger partial charge in [-0.05, 0) is 31.7 Å². The van der Waals surface area contributed by atoms with Gasteiger partial charge in [-0.1, -0.05) is 13.8 Å². The normalized spacial score (nSPS) is 13.7. The number of anilines is 1. The lowest BCUT2D eigenvalue weighted by molar-refractivity contribution is 0.0996. The third-order valence-corrected chi connectivity index (χ3v) is 5.18. The Labute approximate surface area is 176 Å². The van der Waals surface area contributed by atoms with Crippen molar-refractivity contribution in [3.8, 4) is 0 Å². The van der Waals surface area contributed by atoms with Gasteiger partial charge in [-0.3, -0.25) is 29.0 Å². The van der Waals surface area contributed by atoms with Crippen molar-refractivity contribution in [1.82, 2.24) is 24.7 Å². The van der Waals surface area contributed by atoms with Crippen LogP contribution in [0.15, 0.2) is 15.7 Å². The Morgan fingerprint density at radius 1 is 1.32 bits per heavy atom. The summed E-state index contributed by atoms with van der Waals surface area (Å²) in [7, 11) is 0. The second-order valence-electron chi connectivity index (χ2n) is 8.22.